The number of thioether (sulfide) groups is 1. The molecule has 1 fully saturated rings. The summed E-state index contributed by atoms with van der Waals surface area (Å²) in [4.78, 5) is 44.6. The number of hydrogen-bond acceptors (Lipinski definition) is 6. The van der Waals surface area contributed by atoms with Crippen molar-refractivity contribution in [1.82, 2.24) is 9.47 Å². The number of carbonyl (C=O) groups excluding carboxylic acids is 2. The molecule has 2 aromatic carbocycles. The maximum atomic E-state index is 13.9. The molecule has 3 aromatic rings. The summed E-state index contributed by atoms with van der Waals surface area (Å²) in [5, 5.41) is 0.751. The number of allylic oxidation sites excluding steroid dienone is 1. The zero-order valence-corrected chi connectivity index (χ0v) is 21.4. The van der Waals surface area contributed by atoms with Crippen molar-refractivity contribution in [2.45, 2.75) is 19.9 Å². The molecule has 0 saturated carbocycles. The number of aromatic nitrogens is 1. The van der Waals surface area contributed by atoms with Crippen molar-refractivity contribution >= 4 is 40.2 Å². The lowest BCUT2D eigenvalue weighted by Crippen LogP contribution is -2.50. The van der Waals surface area contributed by atoms with E-state index in [1.807, 2.05) is 40.1 Å². The van der Waals surface area contributed by atoms with Gasteiger partial charge in [0.15, 0.2) is 0 Å². The number of piperazine rings is 1. The van der Waals surface area contributed by atoms with Crippen LogP contribution in [0.15, 0.2) is 64.3 Å². The van der Waals surface area contributed by atoms with Crippen LogP contribution in [0.2, 0.25) is 0 Å². The SMILES string of the molecule is CCOC(=O)c1c(N2CCN(C(=O)C3=CCCS3)CC2)c2ccccc2n(Cc2ccc(F)cc2)c1=O. The molecule has 0 N–H and O–H groups in total. The first-order valence-corrected chi connectivity index (χ1v) is 13.4. The van der Waals surface area contributed by atoms with Gasteiger partial charge < -0.3 is 19.1 Å². The second-order valence-electron chi connectivity index (χ2n) is 8.96. The molecular formula is C28H28FN3O4S. The highest BCUT2D eigenvalue weighted by Gasteiger charge is 2.31. The third-order valence-electron chi connectivity index (χ3n) is 6.68. The molecule has 37 heavy (non-hydrogen) atoms. The van der Waals surface area contributed by atoms with Gasteiger partial charge in [0.1, 0.15) is 11.4 Å². The Morgan fingerprint density at radius 2 is 1.76 bits per heavy atom. The fourth-order valence-corrected chi connectivity index (χ4v) is 5.83. The molecule has 0 radical (unpaired) electrons. The van der Waals surface area contributed by atoms with E-state index in [4.69, 9.17) is 4.74 Å². The zero-order valence-electron chi connectivity index (χ0n) is 20.6. The summed E-state index contributed by atoms with van der Waals surface area (Å²) < 4.78 is 20.3. The molecule has 0 spiro atoms. The standard InChI is InChI=1S/C28H28FN3O4S/c1-2-36-28(35)24-25(30-13-15-31(16-14-30)26(33)23-8-5-17-37-23)21-6-3-4-7-22(21)32(27(24)34)18-19-9-11-20(29)12-10-19/h3-4,6-12H,2,5,13-18H2,1H3. The molecule has 7 nitrogen and oxygen atoms in total. The Hall–Kier alpha value is -3.59. The molecule has 1 saturated heterocycles. The van der Waals surface area contributed by atoms with Gasteiger partial charge in [0.05, 0.1) is 29.3 Å². The van der Waals surface area contributed by atoms with Crippen LogP contribution in [0.1, 0.15) is 29.3 Å². The van der Waals surface area contributed by atoms with E-state index < -0.39 is 11.5 Å². The topological polar surface area (TPSA) is 71.8 Å². The molecule has 0 atom stereocenters. The molecule has 5 rings (SSSR count). The molecule has 0 aliphatic carbocycles. The minimum absolute atomic E-state index is 0.0171. The number of rotatable bonds is 6. The van der Waals surface area contributed by atoms with E-state index in [2.05, 4.69) is 0 Å². The van der Waals surface area contributed by atoms with Gasteiger partial charge in [-0.1, -0.05) is 36.4 Å². The third kappa shape index (κ3) is 5.00. The predicted molar refractivity (Wildman–Crippen MR) is 144 cm³/mol. The summed E-state index contributed by atoms with van der Waals surface area (Å²) in [6.45, 7) is 3.98. The van der Waals surface area contributed by atoms with Gasteiger partial charge in [0.25, 0.3) is 11.5 Å². The number of fused-ring (bicyclic) bond motifs is 1. The second kappa shape index (κ2) is 10.8. The smallest absolute Gasteiger partial charge is 0.345 e. The van der Waals surface area contributed by atoms with Crippen molar-refractivity contribution in [3.63, 3.8) is 0 Å². The number of halogens is 1. The van der Waals surface area contributed by atoms with E-state index in [1.165, 1.54) is 12.1 Å². The third-order valence-corrected chi connectivity index (χ3v) is 7.77. The Morgan fingerprint density at radius 1 is 1.03 bits per heavy atom. The first-order chi connectivity index (χ1) is 18.0. The molecule has 1 amide bonds. The summed E-state index contributed by atoms with van der Waals surface area (Å²) in [6.07, 6.45) is 2.90. The quantitative estimate of drug-likeness (QED) is 0.456. The fourth-order valence-electron chi connectivity index (χ4n) is 4.89. The van der Waals surface area contributed by atoms with Crippen molar-refractivity contribution in [3.05, 3.63) is 86.8 Å². The molecule has 1 aromatic heterocycles. The minimum atomic E-state index is -0.674. The van der Waals surface area contributed by atoms with Gasteiger partial charge in [-0.2, -0.15) is 0 Å². The maximum absolute atomic E-state index is 13.9. The zero-order chi connectivity index (χ0) is 25.9. The lowest BCUT2D eigenvalue weighted by atomic mass is 10.0. The summed E-state index contributed by atoms with van der Waals surface area (Å²) >= 11 is 1.59. The van der Waals surface area contributed by atoms with Gasteiger partial charge in [-0.05, 0) is 37.1 Å². The van der Waals surface area contributed by atoms with E-state index >= 15 is 0 Å². The average Bonchev–Trinajstić information content (AvgIpc) is 3.46. The molecule has 2 aliphatic heterocycles. The van der Waals surface area contributed by atoms with Crippen LogP contribution in [0.5, 0.6) is 0 Å². The van der Waals surface area contributed by atoms with Gasteiger partial charge in [-0.3, -0.25) is 9.59 Å². The molecule has 192 valence electrons. The van der Waals surface area contributed by atoms with Crippen molar-refractivity contribution in [2.24, 2.45) is 0 Å². The molecule has 9 heteroatoms. The normalized spacial score (nSPS) is 15.7. The Labute approximate surface area is 218 Å². The van der Waals surface area contributed by atoms with Crippen LogP contribution < -0.4 is 10.5 Å². The molecule has 0 unspecified atom stereocenters. The lowest BCUT2D eigenvalue weighted by Gasteiger charge is -2.37. The number of amides is 1. The van der Waals surface area contributed by atoms with Crippen LogP contribution in [0.4, 0.5) is 10.1 Å². The van der Waals surface area contributed by atoms with E-state index in [0.717, 1.165) is 28.0 Å². The lowest BCUT2D eigenvalue weighted by molar-refractivity contribution is -0.126. The monoisotopic (exact) mass is 521 g/mol. The minimum Gasteiger partial charge on any atom is -0.462 e. The second-order valence-corrected chi connectivity index (χ2v) is 10.1. The molecule has 3 heterocycles. The van der Waals surface area contributed by atoms with Gasteiger partial charge in [-0.15, -0.1) is 11.8 Å². The highest BCUT2D eigenvalue weighted by molar-refractivity contribution is 8.04. The van der Waals surface area contributed by atoms with Crippen molar-refractivity contribution < 1.29 is 18.7 Å². The van der Waals surface area contributed by atoms with Crippen molar-refractivity contribution in [3.8, 4) is 0 Å². The van der Waals surface area contributed by atoms with Gasteiger partial charge >= 0.3 is 5.97 Å². The van der Waals surface area contributed by atoms with Crippen LogP contribution in [0, 0.1) is 5.82 Å². The van der Waals surface area contributed by atoms with E-state index in [0.29, 0.717) is 37.4 Å². The fraction of sp³-hybridized carbons (Fsp3) is 0.321. The van der Waals surface area contributed by atoms with Crippen molar-refractivity contribution in [1.29, 1.82) is 0 Å². The molecular weight excluding hydrogens is 493 g/mol. The van der Waals surface area contributed by atoms with Crippen LogP contribution in [-0.2, 0) is 16.1 Å². The highest BCUT2D eigenvalue weighted by Crippen LogP contribution is 2.32. The van der Waals surface area contributed by atoms with Crippen LogP contribution in [0.3, 0.4) is 0 Å². The van der Waals surface area contributed by atoms with Crippen LogP contribution >= 0.6 is 11.8 Å². The van der Waals surface area contributed by atoms with Crippen LogP contribution in [-0.4, -0.2) is 59.9 Å². The number of esters is 1. The first kappa shape index (κ1) is 25.1. The maximum Gasteiger partial charge on any atom is 0.345 e. The molecule has 2 aliphatic rings. The largest absolute Gasteiger partial charge is 0.462 e. The first-order valence-electron chi connectivity index (χ1n) is 12.4. The van der Waals surface area contributed by atoms with Gasteiger partial charge in [0.2, 0.25) is 0 Å². The number of anilines is 1. The number of benzene rings is 2. The Balaban J connectivity index is 1.56. The van der Waals surface area contributed by atoms with Gasteiger partial charge in [0, 0.05) is 37.3 Å². The number of ether oxygens (including phenoxy) is 1. The number of nitrogens with zero attached hydrogens (tertiary/aromatic N) is 3. The Bertz CT molecular complexity index is 1430. The Kier molecular flexibility index (Phi) is 7.32. The van der Waals surface area contributed by atoms with E-state index in [1.54, 1.807) is 35.4 Å². The Morgan fingerprint density at radius 3 is 2.43 bits per heavy atom. The average molecular weight is 522 g/mol. The summed E-state index contributed by atoms with van der Waals surface area (Å²) in [5.74, 6) is -0.0483. The predicted octanol–water partition coefficient (Wildman–Crippen LogP) is 4.04. The summed E-state index contributed by atoms with van der Waals surface area (Å²) in [7, 11) is 0. The number of para-hydroxylation sites is 1. The van der Waals surface area contributed by atoms with Gasteiger partial charge in [-0.25, -0.2) is 9.18 Å². The van der Waals surface area contributed by atoms with Crippen molar-refractivity contribution in [2.75, 3.05) is 43.4 Å². The van der Waals surface area contributed by atoms with E-state index in [9.17, 15) is 18.8 Å². The van der Waals surface area contributed by atoms with Crippen LogP contribution in [0.25, 0.3) is 10.9 Å². The number of carbonyl (C=O) groups is 2. The summed E-state index contributed by atoms with van der Waals surface area (Å²) in [6, 6.07) is 13.4. The molecule has 0 bridgehead atoms. The highest BCUT2D eigenvalue weighted by atomic mass is 32.2. The number of pyridine rings is 1. The number of hydrogen-bond donors (Lipinski definition) is 0. The summed E-state index contributed by atoms with van der Waals surface area (Å²) in [5.41, 5.74) is 1.48. The van der Waals surface area contributed by atoms with E-state index in [-0.39, 0.29) is 30.4 Å².